The van der Waals surface area contributed by atoms with Crippen LogP contribution in [-0.2, 0) is 25.8 Å². The summed E-state index contributed by atoms with van der Waals surface area (Å²) in [5.74, 6) is -1.87. The van der Waals surface area contributed by atoms with Crippen molar-refractivity contribution in [3.05, 3.63) is 49.6 Å². The maximum absolute atomic E-state index is 14.5. The smallest absolute Gasteiger partial charge is 0.310 e. The van der Waals surface area contributed by atoms with Gasteiger partial charge in [-0.1, -0.05) is 29.5 Å². The maximum Gasteiger partial charge on any atom is 0.310 e. The first-order valence-electron chi connectivity index (χ1n) is 14.0. The number of amides is 2. The molecule has 1 spiro atoms. The minimum atomic E-state index is -0.730. The molecule has 5 atom stereocenters. The van der Waals surface area contributed by atoms with Crippen molar-refractivity contribution < 1.29 is 24.2 Å². The van der Waals surface area contributed by atoms with Crippen LogP contribution in [0.25, 0.3) is 11.0 Å². The van der Waals surface area contributed by atoms with E-state index in [9.17, 15) is 19.5 Å². The molecule has 3 aliphatic heterocycles. The van der Waals surface area contributed by atoms with Crippen molar-refractivity contribution in [1.29, 1.82) is 0 Å². The number of ether oxygens (including phenoxy) is 1. The quantitative estimate of drug-likeness (QED) is 0.210. The number of fused-ring (bicyclic) bond motifs is 2. The number of unbranched alkanes of at least 4 members (excludes halogenated alkanes) is 2. The van der Waals surface area contributed by atoms with Crippen molar-refractivity contribution in [1.82, 2.24) is 24.8 Å². The molecule has 3 saturated heterocycles. The van der Waals surface area contributed by atoms with E-state index in [0.717, 1.165) is 23.9 Å². The molecule has 1 aromatic heterocycles. The molecule has 3 aliphatic rings. The number of carbonyl (C=O) groups is 3. The zero-order valence-electron chi connectivity index (χ0n) is 22.7. The Labute approximate surface area is 238 Å². The number of nitrogens with zero attached hydrogens (tertiary/aromatic N) is 5. The van der Waals surface area contributed by atoms with Gasteiger partial charge in [0.25, 0.3) is 0 Å². The monoisotopic (exact) mass is 567 g/mol. The zero-order chi connectivity index (χ0) is 28.3. The molecule has 3 fully saturated rings. The molecule has 2 bridgehead atoms. The maximum atomic E-state index is 14.5. The van der Waals surface area contributed by atoms with Gasteiger partial charge in [-0.25, -0.2) is 4.68 Å². The number of esters is 1. The molecule has 0 aliphatic carbocycles. The molecule has 1 N–H and O–H groups in total. The lowest BCUT2D eigenvalue weighted by atomic mass is 9.71. The highest BCUT2D eigenvalue weighted by atomic mass is 32.2. The highest BCUT2D eigenvalue weighted by molar-refractivity contribution is 8.02. The van der Waals surface area contributed by atoms with E-state index in [-0.39, 0.29) is 49.5 Å². The highest BCUT2D eigenvalue weighted by Gasteiger charge is 2.74. The Morgan fingerprint density at radius 2 is 2.05 bits per heavy atom. The molecular weight excluding hydrogens is 530 g/mol. The van der Waals surface area contributed by atoms with Crippen LogP contribution in [0.4, 0.5) is 0 Å². The van der Waals surface area contributed by atoms with Gasteiger partial charge in [0.05, 0.1) is 28.7 Å². The number of aliphatic hydroxyl groups excluding tert-OH is 1. The molecule has 1 aromatic carbocycles. The van der Waals surface area contributed by atoms with Gasteiger partial charge in [-0.3, -0.25) is 14.4 Å². The van der Waals surface area contributed by atoms with E-state index in [4.69, 9.17) is 4.74 Å². The summed E-state index contributed by atoms with van der Waals surface area (Å²) in [6, 6.07) is 6.82. The molecular formula is C29H37N5O5S. The number of thioether (sulfide) groups is 1. The third kappa shape index (κ3) is 4.94. The minimum Gasteiger partial charge on any atom is -0.465 e. The van der Waals surface area contributed by atoms with E-state index >= 15 is 0 Å². The molecule has 2 amide bonds. The number of aromatic nitrogens is 3. The average molecular weight is 568 g/mol. The fourth-order valence-corrected chi connectivity index (χ4v) is 8.76. The Bertz CT molecular complexity index is 1280. The van der Waals surface area contributed by atoms with Crippen molar-refractivity contribution in [3.63, 3.8) is 0 Å². The van der Waals surface area contributed by atoms with Crippen molar-refractivity contribution in [2.24, 2.45) is 11.8 Å². The lowest BCUT2D eigenvalue weighted by molar-refractivity contribution is -0.154. The number of carbonyl (C=O) groups excluding carboxylic acids is 3. The van der Waals surface area contributed by atoms with Gasteiger partial charge in [-0.05, 0) is 50.7 Å². The first kappa shape index (κ1) is 28.4. The molecule has 40 heavy (non-hydrogen) atoms. The highest BCUT2D eigenvalue weighted by Crippen LogP contribution is 2.66. The van der Waals surface area contributed by atoms with Crippen LogP contribution in [0.3, 0.4) is 0 Å². The summed E-state index contributed by atoms with van der Waals surface area (Å²) in [7, 11) is 0. The van der Waals surface area contributed by atoms with Gasteiger partial charge in [0.15, 0.2) is 0 Å². The van der Waals surface area contributed by atoms with Crippen LogP contribution in [0.2, 0.25) is 0 Å². The minimum absolute atomic E-state index is 0.00760. The summed E-state index contributed by atoms with van der Waals surface area (Å²) in [6.07, 6.45) is 7.41. The average Bonchev–Trinajstić information content (AvgIpc) is 3.70. The van der Waals surface area contributed by atoms with Crippen molar-refractivity contribution >= 4 is 40.6 Å². The fourth-order valence-electron chi connectivity index (χ4n) is 6.56. The zero-order valence-corrected chi connectivity index (χ0v) is 23.5. The first-order valence-corrected chi connectivity index (χ1v) is 14.9. The summed E-state index contributed by atoms with van der Waals surface area (Å²) < 4.78 is 6.61. The Morgan fingerprint density at radius 3 is 2.83 bits per heavy atom. The normalized spacial score (nSPS) is 26.7. The Kier molecular flexibility index (Phi) is 8.60. The molecule has 5 rings (SSSR count). The van der Waals surface area contributed by atoms with Gasteiger partial charge in [0.2, 0.25) is 11.8 Å². The van der Waals surface area contributed by atoms with E-state index in [1.54, 1.807) is 38.4 Å². The Balaban J connectivity index is 1.45. The second kappa shape index (κ2) is 12.1. The van der Waals surface area contributed by atoms with Crippen LogP contribution in [0.1, 0.15) is 38.5 Å². The SMILES string of the molecule is C=CCCCOC(=O)[C@@H]1[C@H]2C(=O)N(CCCCO)C(C(=O)N(CC=C)Cn3nnc4ccccc43)C23CC[C@H]1S3. The van der Waals surface area contributed by atoms with E-state index in [0.29, 0.717) is 32.2 Å². The van der Waals surface area contributed by atoms with Gasteiger partial charge in [0.1, 0.15) is 18.2 Å². The number of hydrogen-bond donors (Lipinski definition) is 1. The van der Waals surface area contributed by atoms with E-state index in [1.807, 2.05) is 24.3 Å². The third-order valence-electron chi connectivity index (χ3n) is 8.30. The van der Waals surface area contributed by atoms with Gasteiger partial charge >= 0.3 is 5.97 Å². The van der Waals surface area contributed by atoms with Gasteiger partial charge in [-0.2, -0.15) is 0 Å². The van der Waals surface area contributed by atoms with Crippen molar-refractivity contribution in [2.75, 3.05) is 26.3 Å². The van der Waals surface area contributed by atoms with Gasteiger partial charge in [0, 0.05) is 24.9 Å². The number of likely N-dealkylation sites (tertiary alicyclic amines) is 1. The molecule has 0 saturated carbocycles. The van der Waals surface area contributed by atoms with Crippen LogP contribution in [-0.4, -0.2) is 90.0 Å². The number of allylic oxidation sites excluding steroid dienone is 1. The van der Waals surface area contributed by atoms with Gasteiger partial charge < -0.3 is 19.6 Å². The predicted molar refractivity (Wildman–Crippen MR) is 152 cm³/mol. The standard InChI is InChI=1S/C29H37N5O5S/c1-3-5-10-18-39-28(38)23-22-13-14-29(40-22)24(23)26(36)33(16-8-9-17-35)25(29)27(37)32(15-4-2)19-34-21-12-7-6-11-20(21)30-31-34/h3-4,6-7,11-12,22-25,35H,1-2,5,8-10,13-19H2/t22-,23+,24+,25?,29?/m1/s1. The number of hydrogen-bond acceptors (Lipinski definition) is 8. The van der Waals surface area contributed by atoms with E-state index in [1.165, 1.54) is 0 Å². The van der Waals surface area contributed by atoms with Crippen LogP contribution in [0.15, 0.2) is 49.6 Å². The third-order valence-corrected chi connectivity index (χ3v) is 10.2. The second-order valence-electron chi connectivity index (χ2n) is 10.7. The lowest BCUT2D eigenvalue weighted by Gasteiger charge is -2.37. The molecule has 2 unspecified atom stereocenters. The largest absolute Gasteiger partial charge is 0.465 e. The molecule has 4 heterocycles. The Morgan fingerprint density at radius 1 is 1.23 bits per heavy atom. The molecule has 10 nitrogen and oxygen atoms in total. The molecule has 2 aromatic rings. The summed E-state index contributed by atoms with van der Waals surface area (Å²) in [6.45, 7) is 8.63. The second-order valence-corrected chi connectivity index (χ2v) is 12.3. The number of para-hydroxylation sites is 1. The van der Waals surface area contributed by atoms with Crippen LogP contribution < -0.4 is 0 Å². The van der Waals surface area contributed by atoms with Crippen LogP contribution in [0, 0.1) is 11.8 Å². The van der Waals surface area contributed by atoms with Crippen LogP contribution >= 0.6 is 11.8 Å². The predicted octanol–water partition coefficient (Wildman–Crippen LogP) is 2.78. The lowest BCUT2D eigenvalue weighted by Crippen LogP contribution is -2.55. The first-order chi connectivity index (χ1) is 19.5. The van der Waals surface area contributed by atoms with Crippen molar-refractivity contribution in [2.45, 2.75) is 61.2 Å². The van der Waals surface area contributed by atoms with Crippen molar-refractivity contribution in [3.8, 4) is 0 Å². The summed E-state index contributed by atoms with van der Waals surface area (Å²) in [5, 5.41) is 17.8. The summed E-state index contributed by atoms with van der Waals surface area (Å²) in [5.41, 5.74) is 1.53. The molecule has 0 radical (unpaired) electrons. The molecule has 214 valence electrons. The number of aliphatic hydroxyl groups is 1. The van der Waals surface area contributed by atoms with E-state index in [2.05, 4.69) is 23.5 Å². The Hall–Kier alpha value is -3.18. The fraction of sp³-hybridized carbons (Fsp3) is 0.552. The summed E-state index contributed by atoms with van der Waals surface area (Å²) in [4.78, 5) is 45.2. The van der Waals surface area contributed by atoms with Gasteiger partial charge in [-0.15, -0.1) is 30.0 Å². The van der Waals surface area contributed by atoms with Crippen LogP contribution in [0.5, 0.6) is 0 Å². The topological polar surface area (TPSA) is 118 Å². The number of rotatable bonds is 14. The number of benzene rings is 1. The van der Waals surface area contributed by atoms with E-state index < -0.39 is 22.6 Å². The summed E-state index contributed by atoms with van der Waals surface area (Å²) >= 11 is 1.62. The molecule has 11 heteroatoms.